The van der Waals surface area contributed by atoms with Crippen LogP contribution >= 0.6 is 27.3 Å². The summed E-state index contributed by atoms with van der Waals surface area (Å²) in [7, 11) is -3.82. The second-order valence-corrected chi connectivity index (χ2v) is 9.19. The van der Waals surface area contributed by atoms with Gasteiger partial charge in [0.25, 0.3) is 5.91 Å². The van der Waals surface area contributed by atoms with Gasteiger partial charge >= 0.3 is 0 Å². The molecule has 1 aromatic carbocycles. The minimum absolute atomic E-state index is 0.0863. The number of benzene rings is 1. The van der Waals surface area contributed by atoms with Gasteiger partial charge in [-0.3, -0.25) is 10.1 Å². The Morgan fingerprint density at radius 1 is 1.16 bits per heavy atom. The van der Waals surface area contributed by atoms with E-state index in [1.165, 1.54) is 35.6 Å². The molecule has 0 bridgehead atoms. The van der Waals surface area contributed by atoms with Crippen molar-refractivity contribution in [2.45, 2.75) is 23.8 Å². The minimum atomic E-state index is -3.82. The number of nitrogens with zero attached hydrogens (tertiary/aromatic N) is 1. The molecule has 3 aromatic rings. The van der Waals surface area contributed by atoms with Crippen LogP contribution in [0.1, 0.15) is 21.1 Å². The van der Waals surface area contributed by atoms with E-state index in [1.54, 1.807) is 12.1 Å². The molecule has 3 rings (SSSR count). The zero-order valence-electron chi connectivity index (χ0n) is 13.2. The second-order valence-electron chi connectivity index (χ2n) is 5.19. The van der Waals surface area contributed by atoms with Gasteiger partial charge in [-0.15, -0.1) is 11.3 Å². The zero-order valence-corrected chi connectivity index (χ0v) is 16.5. The summed E-state index contributed by atoms with van der Waals surface area (Å²) in [5, 5.41) is 2.76. The highest BCUT2D eigenvalue weighted by Crippen LogP contribution is 2.26. The maximum Gasteiger partial charge on any atom is 0.293 e. The zero-order chi connectivity index (χ0) is 18.2. The number of halogens is 1. The van der Waals surface area contributed by atoms with Gasteiger partial charge in [-0.1, -0.05) is 15.9 Å². The Kier molecular flexibility index (Phi) is 4.81. The number of thiazole rings is 1. The number of furan rings is 1. The van der Waals surface area contributed by atoms with Gasteiger partial charge in [0.15, 0.2) is 10.9 Å². The fourth-order valence-electron chi connectivity index (χ4n) is 2.00. The van der Waals surface area contributed by atoms with Crippen molar-refractivity contribution in [2.75, 3.05) is 5.32 Å². The Balaban J connectivity index is 1.84. The van der Waals surface area contributed by atoms with Crippen LogP contribution < -0.4 is 5.32 Å². The predicted molar refractivity (Wildman–Crippen MR) is 97.8 cm³/mol. The maximum absolute atomic E-state index is 12.5. The van der Waals surface area contributed by atoms with Crippen LogP contribution in [-0.2, 0) is 9.84 Å². The highest BCUT2D eigenvalue weighted by Gasteiger charge is 2.24. The fourth-order valence-corrected chi connectivity index (χ4v) is 4.25. The minimum Gasteiger partial charge on any atom is -0.439 e. The van der Waals surface area contributed by atoms with E-state index in [9.17, 15) is 13.2 Å². The van der Waals surface area contributed by atoms with E-state index in [0.717, 1.165) is 15.0 Å². The SMILES string of the molecule is Cc1nc(NC(=O)c2ccc(S(=O)(=O)c3ccc(Br)cc3)o2)sc1C. The monoisotopic (exact) mass is 440 g/mol. The molecule has 0 aliphatic heterocycles. The van der Waals surface area contributed by atoms with E-state index in [-0.39, 0.29) is 15.7 Å². The van der Waals surface area contributed by atoms with Crippen molar-refractivity contribution in [1.29, 1.82) is 0 Å². The third kappa shape index (κ3) is 3.68. The van der Waals surface area contributed by atoms with Gasteiger partial charge in [0.1, 0.15) is 0 Å². The van der Waals surface area contributed by atoms with Crippen molar-refractivity contribution in [3.8, 4) is 0 Å². The lowest BCUT2D eigenvalue weighted by Gasteiger charge is -2.01. The van der Waals surface area contributed by atoms with E-state index in [1.807, 2.05) is 13.8 Å². The van der Waals surface area contributed by atoms with E-state index >= 15 is 0 Å². The van der Waals surface area contributed by atoms with E-state index < -0.39 is 15.7 Å². The predicted octanol–water partition coefficient (Wildman–Crippen LogP) is 4.20. The average molecular weight is 441 g/mol. The number of anilines is 1. The fraction of sp³-hybridized carbons (Fsp3) is 0.125. The molecule has 6 nitrogen and oxygen atoms in total. The summed E-state index contributed by atoms with van der Waals surface area (Å²) in [5.41, 5.74) is 0.832. The number of aryl methyl sites for hydroxylation is 2. The largest absolute Gasteiger partial charge is 0.439 e. The molecule has 1 amide bonds. The van der Waals surface area contributed by atoms with Gasteiger partial charge in [-0.25, -0.2) is 13.4 Å². The van der Waals surface area contributed by atoms with Crippen LogP contribution in [0.2, 0.25) is 0 Å². The van der Waals surface area contributed by atoms with Gasteiger partial charge in [0, 0.05) is 9.35 Å². The van der Waals surface area contributed by atoms with Gasteiger partial charge in [0.2, 0.25) is 14.9 Å². The lowest BCUT2D eigenvalue weighted by atomic mass is 10.4. The molecule has 1 N–H and O–H groups in total. The number of aromatic nitrogens is 1. The smallest absolute Gasteiger partial charge is 0.293 e. The third-order valence-electron chi connectivity index (χ3n) is 3.44. The molecule has 0 saturated heterocycles. The van der Waals surface area contributed by atoms with Crippen LogP contribution in [0.25, 0.3) is 0 Å². The molecule has 0 aliphatic rings. The van der Waals surface area contributed by atoms with E-state index in [4.69, 9.17) is 4.42 Å². The molecule has 0 radical (unpaired) electrons. The maximum atomic E-state index is 12.5. The summed E-state index contributed by atoms with van der Waals surface area (Å²) in [6.45, 7) is 3.75. The molecule has 0 saturated carbocycles. The number of carbonyl (C=O) groups excluding carboxylic acids is 1. The Labute approximate surface area is 156 Å². The van der Waals surface area contributed by atoms with Crippen LogP contribution in [0.15, 0.2) is 55.3 Å². The highest BCUT2D eigenvalue weighted by molar-refractivity contribution is 9.10. The summed E-state index contributed by atoms with van der Waals surface area (Å²) in [4.78, 5) is 17.5. The van der Waals surface area contributed by atoms with Crippen LogP contribution in [0.3, 0.4) is 0 Å². The molecule has 2 aromatic heterocycles. The molecule has 9 heteroatoms. The van der Waals surface area contributed by atoms with Crippen LogP contribution in [0.5, 0.6) is 0 Å². The topological polar surface area (TPSA) is 89.3 Å². The number of sulfone groups is 1. The third-order valence-corrected chi connectivity index (χ3v) is 6.60. The number of hydrogen-bond acceptors (Lipinski definition) is 6. The first-order chi connectivity index (χ1) is 11.8. The van der Waals surface area contributed by atoms with Gasteiger partial charge in [-0.2, -0.15) is 0 Å². The van der Waals surface area contributed by atoms with Gasteiger partial charge in [0.05, 0.1) is 10.6 Å². The highest BCUT2D eigenvalue weighted by atomic mass is 79.9. The average Bonchev–Trinajstić information content (AvgIpc) is 3.16. The standard InChI is InChI=1S/C16H13BrN2O4S2/c1-9-10(2)24-16(18-9)19-15(20)13-7-8-14(23-13)25(21,22)12-5-3-11(17)4-6-12/h3-8H,1-2H3,(H,18,19,20). The molecular weight excluding hydrogens is 428 g/mol. The first-order valence-electron chi connectivity index (χ1n) is 7.13. The van der Waals surface area contributed by atoms with Crippen LogP contribution in [0, 0.1) is 13.8 Å². The van der Waals surface area contributed by atoms with Gasteiger partial charge in [-0.05, 0) is 50.2 Å². The van der Waals surface area contributed by atoms with Crippen molar-refractivity contribution in [1.82, 2.24) is 4.98 Å². The van der Waals surface area contributed by atoms with Crippen molar-refractivity contribution in [3.63, 3.8) is 0 Å². The molecular formula is C16H13BrN2O4S2. The lowest BCUT2D eigenvalue weighted by Crippen LogP contribution is -2.10. The summed E-state index contributed by atoms with van der Waals surface area (Å²) < 4.78 is 31.1. The Bertz CT molecular complexity index is 1020. The first-order valence-corrected chi connectivity index (χ1v) is 10.2. The molecule has 0 aliphatic carbocycles. The van der Waals surface area contributed by atoms with Crippen molar-refractivity contribution >= 4 is 48.1 Å². The Morgan fingerprint density at radius 3 is 2.44 bits per heavy atom. The molecule has 2 heterocycles. The quantitative estimate of drug-likeness (QED) is 0.656. The van der Waals surface area contributed by atoms with Crippen molar-refractivity contribution in [3.05, 3.63) is 57.2 Å². The Morgan fingerprint density at radius 2 is 1.84 bits per heavy atom. The molecule has 0 spiro atoms. The number of rotatable bonds is 4. The number of hydrogen-bond donors (Lipinski definition) is 1. The second kappa shape index (κ2) is 6.74. The Hall–Kier alpha value is -1.97. The summed E-state index contributed by atoms with van der Waals surface area (Å²) in [6, 6.07) is 8.76. The molecule has 0 atom stereocenters. The summed E-state index contributed by atoms with van der Waals surface area (Å²) in [6.07, 6.45) is 0. The lowest BCUT2D eigenvalue weighted by molar-refractivity contribution is 0.0991. The normalized spacial score (nSPS) is 11.5. The summed E-state index contributed by atoms with van der Waals surface area (Å²) >= 11 is 4.59. The molecule has 130 valence electrons. The molecule has 0 unspecified atom stereocenters. The van der Waals surface area contributed by atoms with Crippen molar-refractivity contribution in [2.24, 2.45) is 0 Å². The van der Waals surface area contributed by atoms with E-state index in [0.29, 0.717) is 5.13 Å². The first kappa shape index (κ1) is 17.8. The van der Waals surface area contributed by atoms with Crippen molar-refractivity contribution < 1.29 is 17.6 Å². The molecule has 0 fully saturated rings. The van der Waals surface area contributed by atoms with Crippen LogP contribution in [0.4, 0.5) is 5.13 Å². The van der Waals surface area contributed by atoms with Gasteiger partial charge < -0.3 is 4.42 Å². The summed E-state index contributed by atoms with van der Waals surface area (Å²) in [5.74, 6) is -0.646. The number of carbonyl (C=O) groups is 1. The number of nitrogens with one attached hydrogen (secondary N) is 1. The number of amides is 1. The molecule has 25 heavy (non-hydrogen) atoms. The van der Waals surface area contributed by atoms with E-state index in [2.05, 4.69) is 26.2 Å². The van der Waals surface area contributed by atoms with Crippen LogP contribution in [-0.4, -0.2) is 19.3 Å².